The quantitative estimate of drug-likeness (QED) is 0.453. The molecule has 0 N–H and O–H groups in total. The van der Waals surface area contributed by atoms with E-state index in [1.165, 1.54) is 13.3 Å². The number of halogens is 1. The molecule has 8 nitrogen and oxygen atoms in total. The van der Waals surface area contributed by atoms with Gasteiger partial charge in [0.1, 0.15) is 12.0 Å². The number of aromatic nitrogens is 3. The number of fused-ring (bicyclic) bond motifs is 1. The predicted octanol–water partition coefficient (Wildman–Crippen LogP) is 3.31. The van der Waals surface area contributed by atoms with Gasteiger partial charge >= 0.3 is 0 Å². The van der Waals surface area contributed by atoms with Crippen LogP contribution in [0.25, 0.3) is 10.8 Å². The maximum absolute atomic E-state index is 13.5. The third kappa shape index (κ3) is 3.81. The third-order valence-corrected chi connectivity index (χ3v) is 6.20. The van der Waals surface area contributed by atoms with Crippen LogP contribution < -0.4 is 14.6 Å². The molecule has 0 aliphatic rings. The van der Waals surface area contributed by atoms with Crippen molar-refractivity contribution in [3.63, 3.8) is 0 Å². The van der Waals surface area contributed by atoms with Crippen molar-refractivity contribution in [3.8, 4) is 5.75 Å². The van der Waals surface area contributed by atoms with Gasteiger partial charge in [0.25, 0.3) is 5.56 Å². The molecule has 0 bridgehead atoms. The fourth-order valence-electron chi connectivity index (χ4n) is 2.98. The minimum atomic E-state index is -1.67. The predicted molar refractivity (Wildman–Crippen MR) is 114 cm³/mol. The lowest BCUT2D eigenvalue weighted by Crippen LogP contribution is -2.26. The number of ether oxygens (including phenoxy) is 1. The van der Waals surface area contributed by atoms with E-state index >= 15 is 0 Å². The Balaban J connectivity index is 1.74. The van der Waals surface area contributed by atoms with Crippen molar-refractivity contribution in [2.75, 3.05) is 11.4 Å². The Kier molecular flexibility index (Phi) is 5.56. The molecule has 0 spiro atoms. The number of benzene rings is 2. The molecule has 2 aromatic heterocycles. The Morgan fingerprint density at radius 3 is 2.60 bits per heavy atom. The van der Waals surface area contributed by atoms with Crippen molar-refractivity contribution >= 4 is 39.2 Å². The van der Waals surface area contributed by atoms with Gasteiger partial charge in [-0.2, -0.15) is 5.10 Å². The maximum Gasteiger partial charge on any atom is 0.274 e. The summed E-state index contributed by atoms with van der Waals surface area (Å²) >= 11 is 6.15. The molecule has 1 unspecified atom stereocenters. The lowest BCUT2D eigenvalue weighted by Gasteiger charge is -2.21. The SMILES string of the molecule is COc1ccc(CN(c2ccon2)S(=O)c2ccc3c(Cl)nn(C)c(=O)c3c2)cc1. The topological polar surface area (TPSA) is 90.5 Å². The largest absolute Gasteiger partial charge is 0.497 e. The van der Waals surface area contributed by atoms with Gasteiger partial charge in [0, 0.05) is 18.5 Å². The molecule has 2 heterocycles. The van der Waals surface area contributed by atoms with Gasteiger partial charge in [-0.3, -0.25) is 9.10 Å². The second kappa shape index (κ2) is 8.29. The summed E-state index contributed by atoms with van der Waals surface area (Å²) in [6.45, 7) is 0.302. The van der Waals surface area contributed by atoms with E-state index in [1.54, 1.807) is 35.7 Å². The molecule has 0 radical (unpaired) electrons. The Hall–Kier alpha value is -3.17. The van der Waals surface area contributed by atoms with Gasteiger partial charge in [-0.05, 0) is 35.9 Å². The number of nitrogens with zero attached hydrogens (tertiary/aromatic N) is 4. The molecule has 4 aromatic rings. The molecule has 4 rings (SSSR count). The molecule has 0 amide bonds. The summed E-state index contributed by atoms with van der Waals surface area (Å²) in [5.41, 5.74) is 0.576. The van der Waals surface area contributed by atoms with Gasteiger partial charge in [-0.1, -0.05) is 28.9 Å². The number of methoxy groups -OCH3 is 1. The molecular formula is C20H17ClN4O4S. The molecule has 10 heteroatoms. The fourth-order valence-corrected chi connectivity index (χ4v) is 4.44. The molecule has 0 fully saturated rings. The first kappa shape index (κ1) is 20.1. The van der Waals surface area contributed by atoms with Crippen LogP contribution in [0.1, 0.15) is 5.56 Å². The Morgan fingerprint density at radius 1 is 1.17 bits per heavy atom. The smallest absolute Gasteiger partial charge is 0.274 e. The lowest BCUT2D eigenvalue weighted by molar-refractivity contribution is 0.414. The number of hydrogen-bond acceptors (Lipinski definition) is 6. The van der Waals surface area contributed by atoms with Crippen LogP contribution in [0, 0.1) is 0 Å². The second-order valence-electron chi connectivity index (χ2n) is 6.42. The summed E-state index contributed by atoms with van der Waals surface area (Å²) in [6, 6.07) is 13.9. The molecule has 154 valence electrons. The number of aryl methyl sites for hydroxylation is 1. The molecule has 0 saturated carbocycles. The van der Waals surface area contributed by atoms with Gasteiger partial charge < -0.3 is 9.26 Å². The van der Waals surface area contributed by atoms with Crippen LogP contribution in [-0.2, 0) is 24.6 Å². The minimum Gasteiger partial charge on any atom is -0.497 e. The highest BCUT2D eigenvalue weighted by atomic mass is 35.5. The van der Waals surface area contributed by atoms with Crippen molar-refractivity contribution in [2.45, 2.75) is 11.4 Å². The summed E-state index contributed by atoms with van der Waals surface area (Å²) in [4.78, 5) is 12.9. The van der Waals surface area contributed by atoms with E-state index in [4.69, 9.17) is 20.9 Å². The summed E-state index contributed by atoms with van der Waals surface area (Å²) < 4.78 is 26.3. The van der Waals surface area contributed by atoms with Gasteiger partial charge in [-0.15, -0.1) is 0 Å². The molecule has 2 aromatic carbocycles. The Bertz CT molecular complexity index is 1270. The van der Waals surface area contributed by atoms with Crippen LogP contribution >= 0.6 is 11.6 Å². The van der Waals surface area contributed by atoms with Crippen LogP contribution in [0.2, 0.25) is 5.15 Å². The zero-order valence-corrected chi connectivity index (χ0v) is 17.7. The fraction of sp³-hybridized carbons (Fsp3) is 0.150. The number of rotatable bonds is 6. The average Bonchev–Trinajstić information content (AvgIpc) is 3.30. The van der Waals surface area contributed by atoms with Crippen LogP contribution in [0.3, 0.4) is 0 Å². The van der Waals surface area contributed by atoms with Crippen LogP contribution in [0.4, 0.5) is 5.82 Å². The van der Waals surface area contributed by atoms with Gasteiger partial charge in [-0.25, -0.2) is 8.89 Å². The monoisotopic (exact) mass is 444 g/mol. The van der Waals surface area contributed by atoms with E-state index in [9.17, 15) is 9.00 Å². The maximum atomic E-state index is 13.5. The summed E-state index contributed by atoms with van der Waals surface area (Å²) in [6.07, 6.45) is 1.41. The average molecular weight is 445 g/mol. The van der Waals surface area contributed by atoms with E-state index in [2.05, 4.69) is 10.3 Å². The molecule has 0 saturated heterocycles. The summed E-state index contributed by atoms with van der Waals surface area (Å²) in [5.74, 6) is 1.13. The first-order valence-corrected chi connectivity index (χ1v) is 10.4. The zero-order chi connectivity index (χ0) is 21.3. The first-order chi connectivity index (χ1) is 14.5. The highest BCUT2D eigenvalue weighted by Gasteiger charge is 2.21. The van der Waals surface area contributed by atoms with Gasteiger partial charge in [0.05, 0.1) is 23.9 Å². The number of anilines is 1. The molecule has 30 heavy (non-hydrogen) atoms. The van der Waals surface area contributed by atoms with Crippen molar-refractivity contribution in [1.82, 2.24) is 14.9 Å². The van der Waals surface area contributed by atoms with Crippen molar-refractivity contribution in [1.29, 1.82) is 0 Å². The van der Waals surface area contributed by atoms with E-state index in [0.717, 1.165) is 16.0 Å². The van der Waals surface area contributed by atoms with Crippen LogP contribution in [0.5, 0.6) is 5.75 Å². The van der Waals surface area contributed by atoms with Crippen LogP contribution in [0.15, 0.2) is 69.0 Å². The van der Waals surface area contributed by atoms with Crippen molar-refractivity contribution in [3.05, 3.63) is 75.9 Å². The Labute approximate surface area is 179 Å². The number of hydrogen-bond donors (Lipinski definition) is 0. The first-order valence-electron chi connectivity index (χ1n) is 8.87. The van der Waals surface area contributed by atoms with Crippen LogP contribution in [-0.4, -0.2) is 26.3 Å². The van der Waals surface area contributed by atoms with Gasteiger partial charge in [0.2, 0.25) is 0 Å². The van der Waals surface area contributed by atoms with Gasteiger partial charge in [0.15, 0.2) is 22.0 Å². The molecule has 1 atom stereocenters. The molecule has 0 aliphatic carbocycles. The standard InChI is InChI=1S/C20H17ClN4O4S/c1-24-20(26)17-11-15(7-8-16(17)19(21)22-24)30(27)25(18-9-10-29-23-18)12-13-3-5-14(28-2)6-4-13/h3-11H,12H2,1-2H3. The summed E-state index contributed by atoms with van der Waals surface area (Å²) in [5, 5.41) is 8.96. The highest BCUT2D eigenvalue weighted by molar-refractivity contribution is 7.86. The summed E-state index contributed by atoms with van der Waals surface area (Å²) in [7, 11) is 1.44. The van der Waals surface area contributed by atoms with Crippen molar-refractivity contribution < 1.29 is 13.5 Å². The molecular weight excluding hydrogens is 428 g/mol. The minimum absolute atomic E-state index is 0.205. The van der Waals surface area contributed by atoms with E-state index in [-0.39, 0.29) is 10.7 Å². The lowest BCUT2D eigenvalue weighted by atomic mass is 10.2. The van der Waals surface area contributed by atoms with E-state index in [0.29, 0.717) is 28.0 Å². The van der Waals surface area contributed by atoms with E-state index < -0.39 is 11.0 Å². The zero-order valence-electron chi connectivity index (χ0n) is 16.1. The van der Waals surface area contributed by atoms with E-state index in [1.807, 2.05) is 24.3 Å². The highest BCUT2D eigenvalue weighted by Crippen LogP contribution is 2.26. The molecule has 0 aliphatic heterocycles. The van der Waals surface area contributed by atoms with Crippen molar-refractivity contribution in [2.24, 2.45) is 7.05 Å². The normalized spacial score (nSPS) is 12.1. The second-order valence-corrected chi connectivity index (χ2v) is 8.19. The Morgan fingerprint density at radius 2 is 1.93 bits per heavy atom. The third-order valence-electron chi connectivity index (χ3n) is 4.54.